The van der Waals surface area contributed by atoms with Crippen molar-refractivity contribution >= 4 is 35.3 Å². The Morgan fingerprint density at radius 3 is 2.28 bits per heavy atom. The molecule has 3 saturated heterocycles. The summed E-state index contributed by atoms with van der Waals surface area (Å²) in [5.74, 6) is -1.63. The van der Waals surface area contributed by atoms with Crippen LogP contribution in [0, 0.1) is 5.92 Å². The van der Waals surface area contributed by atoms with Gasteiger partial charge in [0, 0.05) is 51.4 Å². The molecule has 12 heteroatoms. The molecule has 0 aromatic heterocycles. The second-order valence-electron chi connectivity index (χ2n) is 12.9. The first-order valence-corrected chi connectivity index (χ1v) is 15.3. The molecule has 4 aliphatic rings. The normalized spacial score (nSPS) is 22.6. The van der Waals surface area contributed by atoms with E-state index in [1.807, 2.05) is 26.8 Å². The van der Waals surface area contributed by atoms with Gasteiger partial charge in [-0.1, -0.05) is 0 Å². The summed E-state index contributed by atoms with van der Waals surface area (Å²) in [6, 6.07) is 4.37. The number of piperidine rings is 2. The minimum atomic E-state index is -0.957. The van der Waals surface area contributed by atoms with E-state index in [1.54, 1.807) is 12.1 Å². The third-order valence-electron chi connectivity index (χ3n) is 8.58. The number of fused-ring (bicyclic) bond motifs is 1. The van der Waals surface area contributed by atoms with Crippen LogP contribution in [0.3, 0.4) is 0 Å². The number of amides is 4. The van der Waals surface area contributed by atoms with Crippen molar-refractivity contribution in [2.45, 2.75) is 58.1 Å². The lowest BCUT2D eigenvalue weighted by molar-refractivity contribution is -0.160. The average Bonchev–Trinajstić information content (AvgIpc) is 3.20. The van der Waals surface area contributed by atoms with Gasteiger partial charge in [0.15, 0.2) is 0 Å². The number of imide groups is 2. The lowest BCUT2D eigenvalue weighted by Crippen LogP contribution is -2.54. The molecule has 0 bridgehead atoms. The van der Waals surface area contributed by atoms with Gasteiger partial charge >= 0.3 is 5.97 Å². The molecule has 4 aliphatic heterocycles. The largest absolute Gasteiger partial charge is 0.458 e. The Hall–Kier alpha value is -3.35. The van der Waals surface area contributed by atoms with Crippen LogP contribution in [-0.4, -0.2) is 122 Å². The summed E-state index contributed by atoms with van der Waals surface area (Å²) in [4.78, 5) is 70.0. The fraction of sp³-hybridized carbons (Fsp3) is 0.645. The van der Waals surface area contributed by atoms with E-state index in [2.05, 4.69) is 20.0 Å². The van der Waals surface area contributed by atoms with Gasteiger partial charge in [0.25, 0.3) is 11.8 Å². The van der Waals surface area contributed by atoms with Gasteiger partial charge in [0.2, 0.25) is 11.8 Å². The maximum Gasteiger partial charge on any atom is 0.332 e. The van der Waals surface area contributed by atoms with Crippen molar-refractivity contribution in [2.24, 2.45) is 5.92 Å². The second-order valence-corrected chi connectivity index (χ2v) is 12.9. The molecule has 1 N–H and O–H groups in total. The number of nitrogens with zero attached hydrogens (tertiary/aromatic N) is 4. The lowest BCUT2D eigenvalue weighted by Gasteiger charge is -2.39. The summed E-state index contributed by atoms with van der Waals surface area (Å²) < 4.78 is 10.8. The molecule has 1 atom stereocenters. The maximum atomic E-state index is 13.2. The van der Waals surface area contributed by atoms with Crippen molar-refractivity contribution in [3.63, 3.8) is 0 Å². The molecular weight excluding hydrogens is 554 g/mol. The second kappa shape index (κ2) is 13.1. The highest BCUT2D eigenvalue weighted by molar-refractivity contribution is 6.23. The Balaban J connectivity index is 1.03. The average molecular weight is 598 g/mol. The molecule has 1 aromatic rings. The monoisotopic (exact) mass is 597 g/mol. The highest BCUT2D eigenvalue weighted by atomic mass is 16.6. The van der Waals surface area contributed by atoms with Crippen LogP contribution in [-0.2, 0) is 23.9 Å². The number of esters is 1. The third kappa shape index (κ3) is 7.60. The van der Waals surface area contributed by atoms with Crippen molar-refractivity contribution in [1.29, 1.82) is 0 Å². The first-order valence-electron chi connectivity index (χ1n) is 15.3. The molecule has 43 heavy (non-hydrogen) atoms. The number of hydrogen-bond donors (Lipinski definition) is 1. The number of ether oxygens (including phenoxy) is 2. The molecule has 0 radical (unpaired) electrons. The fourth-order valence-electron chi connectivity index (χ4n) is 6.32. The van der Waals surface area contributed by atoms with Crippen LogP contribution in [0.15, 0.2) is 18.2 Å². The van der Waals surface area contributed by atoms with Crippen LogP contribution < -0.4 is 10.2 Å². The summed E-state index contributed by atoms with van der Waals surface area (Å²) in [6.07, 6.45) is 2.52. The zero-order valence-corrected chi connectivity index (χ0v) is 25.4. The zero-order chi connectivity index (χ0) is 30.7. The molecule has 12 nitrogen and oxygen atoms in total. The van der Waals surface area contributed by atoms with Crippen LogP contribution in [0.2, 0.25) is 0 Å². The Morgan fingerprint density at radius 2 is 1.60 bits per heavy atom. The number of benzene rings is 1. The van der Waals surface area contributed by atoms with Crippen LogP contribution in [0.25, 0.3) is 0 Å². The predicted molar refractivity (Wildman–Crippen MR) is 158 cm³/mol. The lowest BCUT2D eigenvalue weighted by atomic mass is 9.96. The molecular formula is C31H43N5O7. The van der Waals surface area contributed by atoms with Gasteiger partial charge in [-0.2, -0.15) is 0 Å². The van der Waals surface area contributed by atoms with Crippen LogP contribution in [0.5, 0.6) is 0 Å². The quantitative estimate of drug-likeness (QED) is 0.253. The molecule has 4 heterocycles. The summed E-state index contributed by atoms with van der Waals surface area (Å²) in [5.41, 5.74) is 1.02. The summed E-state index contributed by atoms with van der Waals surface area (Å²) in [7, 11) is 0. The number of nitrogens with one attached hydrogen (secondary N) is 1. The minimum Gasteiger partial charge on any atom is -0.458 e. The van der Waals surface area contributed by atoms with E-state index < -0.39 is 29.4 Å². The molecule has 4 amide bonds. The number of carbonyl (C=O) groups is 5. The predicted octanol–water partition coefficient (Wildman–Crippen LogP) is 1.28. The van der Waals surface area contributed by atoms with E-state index in [0.717, 1.165) is 75.8 Å². The molecule has 0 saturated carbocycles. The van der Waals surface area contributed by atoms with E-state index in [-0.39, 0.29) is 31.3 Å². The van der Waals surface area contributed by atoms with Gasteiger partial charge in [-0.3, -0.25) is 34.3 Å². The van der Waals surface area contributed by atoms with Gasteiger partial charge in [-0.15, -0.1) is 0 Å². The van der Waals surface area contributed by atoms with Crippen molar-refractivity contribution in [2.75, 3.05) is 70.5 Å². The number of likely N-dealkylation sites (tertiary alicyclic amines) is 1. The summed E-state index contributed by atoms with van der Waals surface area (Å²) >= 11 is 0. The molecule has 0 spiro atoms. The highest BCUT2D eigenvalue weighted by Crippen LogP contribution is 2.31. The number of anilines is 1. The zero-order valence-electron chi connectivity index (χ0n) is 25.4. The van der Waals surface area contributed by atoms with Gasteiger partial charge < -0.3 is 19.3 Å². The van der Waals surface area contributed by atoms with Crippen molar-refractivity contribution in [3.05, 3.63) is 29.3 Å². The Bertz CT molecular complexity index is 1250. The third-order valence-corrected chi connectivity index (χ3v) is 8.58. The van der Waals surface area contributed by atoms with E-state index in [4.69, 9.17) is 9.47 Å². The molecule has 0 aliphatic carbocycles. The van der Waals surface area contributed by atoms with Crippen LogP contribution >= 0.6 is 0 Å². The number of rotatable bonds is 9. The highest BCUT2D eigenvalue weighted by Gasteiger charge is 2.44. The molecule has 3 fully saturated rings. The number of piperazine rings is 1. The van der Waals surface area contributed by atoms with Crippen LogP contribution in [0.1, 0.15) is 67.2 Å². The summed E-state index contributed by atoms with van der Waals surface area (Å²) in [6.45, 7) is 13.5. The fourth-order valence-corrected chi connectivity index (χ4v) is 6.32. The molecule has 234 valence electrons. The van der Waals surface area contributed by atoms with Gasteiger partial charge in [-0.05, 0) is 77.2 Å². The van der Waals surface area contributed by atoms with Gasteiger partial charge in [-0.25, -0.2) is 4.79 Å². The standard InChI is InChI=1S/C31H43N5O7/c1-31(2,3)43-27(38)20-42-17-16-33-10-8-21(9-11-33)19-34-12-14-35(15-13-34)22-4-5-23-24(18-22)30(41)36(29(23)40)25-6-7-26(37)32-28(25)39/h4-5,18,21,25H,6-17,19-20H2,1-3H3,(H,32,37,39). The Labute approximate surface area is 252 Å². The smallest absolute Gasteiger partial charge is 0.332 e. The molecule has 1 unspecified atom stereocenters. The van der Waals surface area contributed by atoms with Crippen molar-refractivity contribution in [1.82, 2.24) is 20.0 Å². The van der Waals surface area contributed by atoms with Gasteiger partial charge in [0.1, 0.15) is 18.2 Å². The molecule has 1 aromatic carbocycles. The molecule has 5 rings (SSSR count). The SMILES string of the molecule is CC(C)(C)OC(=O)COCCN1CCC(CN2CCN(c3ccc4c(c3)C(=O)N(C3CCC(=O)NC3=O)C4=O)CC2)CC1. The van der Waals surface area contributed by atoms with Gasteiger partial charge in [0.05, 0.1) is 17.7 Å². The summed E-state index contributed by atoms with van der Waals surface area (Å²) in [5, 5.41) is 2.23. The van der Waals surface area contributed by atoms with Crippen molar-refractivity contribution in [3.8, 4) is 0 Å². The number of hydrogen-bond acceptors (Lipinski definition) is 10. The van der Waals surface area contributed by atoms with Crippen molar-refractivity contribution < 1.29 is 33.4 Å². The van der Waals surface area contributed by atoms with E-state index in [1.165, 1.54) is 0 Å². The first-order chi connectivity index (χ1) is 20.5. The first kappa shape index (κ1) is 31.1. The van der Waals surface area contributed by atoms with Crippen LogP contribution in [0.4, 0.5) is 5.69 Å². The maximum absolute atomic E-state index is 13.2. The number of carbonyl (C=O) groups excluding carboxylic acids is 5. The van der Waals surface area contributed by atoms with E-state index in [0.29, 0.717) is 23.7 Å². The Kier molecular flexibility index (Phi) is 9.48. The Morgan fingerprint density at radius 1 is 0.907 bits per heavy atom. The minimum absolute atomic E-state index is 0.0135. The van der Waals surface area contributed by atoms with E-state index in [9.17, 15) is 24.0 Å². The topological polar surface area (TPSA) is 129 Å². The van der Waals surface area contributed by atoms with E-state index >= 15 is 0 Å².